The Kier molecular flexibility index (Phi) is 2.71. The Balaban J connectivity index is 0.00000108. The Labute approximate surface area is 103 Å². The summed E-state index contributed by atoms with van der Waals surface area (Å²) in [4.78, 5) is 9.60. The molecule has 0 amide bonds. The van der Waals surface area contributed by atoms with Crippen molar-refractivity contribution in [1.82, 2.24) is 0 Å². The van der Waals surface area contributed by atoms with Gasteiger partial charge in [-0.2, -0.15) is 0 Å². The molecule has 1 N–H and O–H groups in total. The average molecular weight is 251 g/mol. The fourth-order valence-electron chi connectivity index (χ4n) is 2.04. The normalized spacial score (nSPS) is 10.7. The maximum absolute atomic E-state index is 9.60. The SMILES string of the molecule is Cc1cc2cc(=[OH+])cc3oc(C)cc(o1)c23.[Cl-]. The van der Waals surface area contributed by atoms with Crippen molar-refractivity contribution in [2.45, 2.75) is 13.8 Å². The molecule has 0 aliphatic rings. The zero-order valence-corrected chi connectivity index (χ0v) is 10.2. The van der Waals surface area contributed by atoms with Crippen molar-refractivity contribution >= 4 is 21.9 Å². The van der Waals surface area contributed by atoms with Crippen LogP contribution >= 0.6 is 0 Å². The van der Waals surface area contributed by atoms with E-state index in [1.165, 1.54) is 0 Å². The number of hydrogen-bond acceptors (Lipinski definition) is 2. The number of halogens is 1. The van der Waals surface area contributed by atoms with Crippen LogP contribution < -0.4 is 17.8 Å². The zero-order chi connectivity index (χ0) is 11.3. The molecule has 0 aliphatic heterocycles. The highest BCUT2D eigenvalue weighted by molar-refractivity contribution is 6.04. The van der Waals surface area contributed by atoms with Crippen molar-refractivity contribution in [1.29, 1.82) is 0 Å². The van der Waals surface area contributed by atoms with Crippen LogP contribution in [0, 0.1) is 13.8 Å². The minimum absolute atomic E-state index is 0. The molecule has 2 aromatic heterocycles. The molecule has 0 saturated heterocycles. The van der Waals surface area contributed by atoms with Crippen LogP contribution in [0.5, 0.6) is 0 Å². The van der Waals surface area contributed by atoms with E-state index in [9.17, 15) is 4.79 Å². The largest absolute Gasteiger partial charge is 1.00 e. The highest BCUT2D eigenvalue weighted by Gasteiger charge is 2.10. The third-order valence-corrected chi connectivity index (χ3v) is 2.60. The second-order valence-electron chi connectivity index (χ2n) is 3.99. The molecule has 1 aromatic carbocycles. The van der Waals surface area contributed by atoms with Gasteiger partial charge in [0.25, 0.3) is 0 Å². The van der Waals surface area contributed by atoms with E-state index in [1.807, 2.05) is 26.0 Å². The predicted octanol–water partition coefficient (Wildman–Crippen LogP) is -0.196. The minimum atomic E-state index is 0. The first-order valence-electron chi connectivity index (χ1n) is 5.10. The molecule has 88 valence electrons. The summed E-state index contributed by atoms with van der Waals surface area (Å²) in [5.74, 6) is 1.57. The lowest BCUT2D eigenvalue weighted by Gasteiger charge is -2.05. The topological polar surface area (TPSA) is 47.7 Å². The van der Waals surface area contributed by atoms with E-state index in [4.69, 9.17) is 8.83 Å². The first-order valence-corrected chi connectivity index (χ1v) is 5.10. The minimum Gasteiger partial charge on any atom is -1.00 e. The van der Waals surface area contributed by atoms with E-state index in [0.29, 0.717) is 5.58 Å². The lowest BCUT2D eigenvalue weighted by Crippen LogP contribution is -3.00. The monoisotopic (exact) mass is 250 g/mol. The molecule has 0 fully saturated rings. The van der Waals surface area contributed by atoms with Gasteiger partial charge >= 0.3 is 5.43 Å². The van der Waals surface area contributed by atoms with Crippen molar-refractivity contribution < 1.29 is 26.0 Å². The van der Waals surface area contributed by atoms with Crippen molar-refractivity contribution in [3.05, 3.63) is 41.2 Å². The highest BCUT2D eigenvalue weighted by Crippen LogP contribution is 2.27. The summed E-state index contributed by atoms with van der Waals surface area (Å²) >= 11 is 0. The Morgan fingerprint density at radius 1 is 0.882 bits per heavy atom. The summed E-state index contributed by atoms with van der Waals surface area (Å²) in [5, 5.41) is 1.84. The van der Waals surface area contributed by atoms with Crippen LogP contribution in [-0.2, 0) is 0 Å². The summed E-state index contributed by atoms with van der Waals surface area (Å²) in [6.45, 7) is 3.75. The predicted molar refractivity (Wildman–Crippen MR) is 60.5 cm³/mol. The van der Waals surface area contributed by atoms with Crippen molar-refractivity contribution in [3.8, 4) is 0 Å². The molecule has 4 heteroatoms. The molecule has 3 aromatic rings. The van der Waals surface area contributed by atoms with Crippen LogP contribution in [0.2, 0.25) is 0 Å². The van der Waals surface area contributed by atoms with Crippen LogP contribution in [0.4, 0.5) is 0 Å². The summed E-state index contributed by atoms with van der Waals surface area (Å²) < 4.78 is 11.2. The third kappa shape index (κ3) is 1.83. The number of aryl methyl sites for hydroxylation is 2. The smallest absolute Gasteiger partial charge is 0.344 e. The maximum atomic E-state index is 9.60. The highest BCUT2D eigenvalue weighted by atomic mass is 35.5. The quantitative estimate of drug-likeness (QED) is 0.519. The van der Waals surface area contributed by atoms with Crippen molar-refractivity contribution in [3.63, 3.8) is 0 Å². The lowest BCUT2D eigenvalue weighted by molar-refractivity contribution is -0.00000556. The molecule has 0 atom stereocenters. The van der Waals surface area contributed by atoms with Crippen molar-refractivity contribution in [2.24, 2.45) is 0 Å². The van der Waals surface area contributed by atoms with Gasteiger partial charge in [0.2, 0.25) is 0 Å². The molecule has 0 bridgehead atoms. The number of rotatable bonds is 0. The first kappa shape index (κ1) is 11.7. The summed E-state index contributed by atoms with van der Waals surface area (Å²) in [6, 6.07) is 7.06. The van der Waals surface area contributed by atoms with Gasteiger partial charge in [0.05, 0.1) is 17.5 Å². The lowest BCUT2D eigenvalue weighted by atomic mass is 10.1. The Bertz CT molecular complexity index is 695. The van der Waals surface area contributed by atoms with Gasteiger partial charge in [0.1, 0.15) is 22.7 Å². The zero-order valence-electron chi connectivity index (χ0n) is 9.45. The standard InChI is InChI=1S/C13H10O3.ClH/c1-7-3-9-5-10(14)6-12-13(9)11(15-7)4-8(2)16-12;/h3-6H,1-2H3;1H. The Morgan fingerprint density at radius 2 is 1.47 bits per heavy atom. The van der Waals surface area contributed by atoms with Gasteiger partial charge in [-0.25, -0.2) is 0 Å². The second kappa shape index (κ2) is 3.93. The van der Waals surface area contributed by atoms with Gasteiger partial charge in [-0.1, -0.05) is 0 Å². The van der Waals surface area contributed by atoms with Gasteiger partial charge in [-0.15, -0.1) is 0 Å². The first-order chi connectivity index (χ1) is 7.63. The van der Waals surface area contributed by atoms with Crippen molar-refractivity contribution in [2.75, 3.05) is 0 Å². The second-order valence-corrected chi connectivity index (χ2v) is 3.99. The van der Waals surface area contributed by atoms with E-state index in [-0.39, 0.29) is 17.8 Å². The Hall–Kier alpha value is -1.74. The van der Waals surface area contributed by atoms with E-state index >= 15 is 0 Å². The van der Waals surface area contributed by atoms with Crippen LogP contribution in [0.25, 0.3) is 21.9 Å². The molecular weight excluding hydrogens is 240 g/mol. The van der Waals surface area contributed by atoms with Crippen LogP contribution in [0.1, 0.15) is 11.5 Å². The van der Waals surface area contributed by atoms with Crippen LogP contribution in [-0.4, -0.2) is 4.79 Å². The third-order valence-electron chi connectivity index (χ3n) is 2.60. The van der Waals surface area contributed by atoms with E-state index < -0.39 is 0 Å². The molecular formula is C13H11ClO3. The summed E-state index contributed by atoms with van der Waals surface area (Å²) in [6.07, 6.45) is 0. The number of benzene rings is 1. The molecule has 3 nitrogen and oxygen atoms in total. The molecule has 0 radical (unpaired) electrons. The number of hydrogen-bond donors (Lipinski definition) is 0. The van der Waals surface area contributed by atoms with Crippen LogP contribution in [0.3, 0.4) is 0 Å². The van der Waals surface area contributed by atoms with E-state index in [2.05, 4.69) is 0 Å². The van der Waals surface area contributed by atoms with Gasteiger partial charge in [0, 0.05) is 11.5 Å². The fourth-order valence-corrected chi connectivity index (χ4v) is 2.04. The molecule has 17 heavy (non-hydrogen) atoms. The summed E-state index contributed by atoms with van der Waals surface area (Å²) in [5.41, 5.74) is 1.64. The average Bonchev–Trinajstić information content (AvgIpc) is 2.14. The van der Waals surface area contributed by atoms with Gasteiger partial charge in [-0.05, 0) is 19.9 Å². The van der Waals surface area contributed by atoms with Crippen LogP contribution in [0.15, 0.2) is 33.1 Å². The summed E-state index contributed by atoms with van der Waals surface area (Å²) in [7, 11) is 0. The molecule has 0 spiro atoms. The molecule has 2 heterocycles. The molecule has 0 unspecified atom stereocenters. The van der Waals surface area contributed by atoms with E-state index in [1.54, 1.807) is 12.1 Å². The Morgan fingerprint density at radius 3 is 2.18 bits per heavy atom. The molecule has 0 saturated carbocycles. The van der Waals surface area contributed by atoms with Gasteiger partial charge in [0.15, 0.2) is 0 Å². The van der Waals surface area contributed by atoms with Gasteiger partial charge in [-0.3, -0.25) is 4.79 Å². The fraction of sp³-hybridized carbons (Fsp3) is 0.154. The molecule has 3 rings (SSSR count). The molecule has 0 aliphatic carbocycles. The van der Waals surface area contributed by atoms with E-state index in [0.717, 1.165) is 27.9 Å². The maximum Gasteiger partial charge on any atom is 0.344 e. The van der Waals surface area contributed by atoms with Gasteiger partial charge < -0.3 is 21.2 Å².